The van der Waals surface area contributed by atoms with Crippen LogP contribution in [0, 0.1) is 0 Å². The second-order valence-electron chi connectivity index (χ2n) is 14.3. The average molecular weight is 877 g/mol. The minimum atomic E-state index is -4.90. The summed E-state index contributed by atoms with van der Waals surface area (Å²) >= 11 is 0. The van der Waals surface area contributed by atoms with Gasteiger partial charge in [0.15, 0.2) is 12.2 Å². The van der Waals surface area contributed by atoms with Crippen LogP contribution in [-0.2, 0) is 65.4 Å². The molecule has 19 heteroatoms. The molecule has 17 nitrogen and oxygen atoms in total. The van der Waals surface area contributed by atoms with Crippen molar-refractivity contribution in [1.29, 1.82) is 0 Å². The van der Waals surface area contributed by atoms with Gasteiger partial charge in [-0.2, -0.15) is 0 Å². The Kier molecular flexibility index (Phi) is 34.6. The molecular formula is C39H74O17P2. The van der Waals surface area contributed by atoms with Gasteiger partial charge in [0.2, 0.25) is 0 Å². The molecule has 5 atom stereocenters. The van der Waals surface area contributed by atoms with E-state index in [1.165, 1.54) is 12.8 Å². The van der Waals surface area contributed by atoms with Crippen LogP contribution in [0.4, 0.5) is 0 Å². The van der Waals surface area contributed by atoms with Crippen LogP contribution in [0.25, 0.3) is 0 Å². The quantitative estimate of drug-likeness (QED) is 0.0228. The zero-order valence-corrected chi connectivity index (χ0v) is 37.3. The van der Waals surface area contributed by atoms with Crippen molar-refractivity contribution in [3.8, 4) is 0 Å². The molecule has 0 aliphatic rings. The van der Waals surface area contributed by atoms with E-state index in [2.05, 4.69) is 13.8 Å². The highest BCUT2D eigenvalue weighted by Crippen LogP contribution is 2.45. The van der Waals surface area contributed by atoms with Crippen LogP contribution in [0.15, 0.2) is 0 Å². The highest BCUT2D eigenvalue weighted by Gasteiger charge is 2.30. The first-order chi connectivity index (χ1) is 27.7. The largest absolute Gasteiger partial charge is 0.472 e. The number of aliphatic hydroxyl groups is 1. The molecule has 0 rings (SSSR count). The summed E-state index contributed by atoms with van der Waals surface area (Å²) in [4.78, 5) is 69.4. The zero-order chi connectivity index (χ0) is 43.5. The highest BCUT2D eigenvalue weighted by molar-refractivity contribution is 7.47. The van der Waals surface area contributed by atoms with E-state index < -0.39 is 97.5 Å². The number of hydrogen-bond donors (Lipinski definition) is 3. The Balaban J connectivity index is 5.00. The molecule has 0 aliphatic heterocycles. The van der Waals surface area contributed by atoms with E-state index in [-0.39, 0.29) is 25.7 Å². The van der Waals surface area contributed by atoms with Crippen molar-refractivity contribution >= 4 is 39.5 Å². The van der Waals surface area contributed by atoms with E-state index in [1.807, 2.05) is 6.92 Å². The van der Waals surface area contributed by atoms with Crippen molar-refractivity contribution in [2.45, 2.75) is 187 Å². The first-order valence-corrected chi connectivity index (χ1v) is 24.3. The molecule has 0 fully saturated rings. The Labute approximate surface area is 346 Å². The van der Waals surface area contributed by atoms with Crippen LogP contribution in [-0.4, -0.2) is 96.7 Å². The zero-order valence-electron chi connectivity index (χ0n) is 35.5. The van der Waals surface area contributed by atoms with Gasteiger partial charge in [-0.05, 0) is 25.7 Å². The monoisotopic (exact) mass is 876 g/mol. The number of aliphatic hydroxyl groups excluding tert-OH is 1. The van der Waals surface area contributed by atoms with Crippen LogP contribution in [0.5, 0.6) is 0 Å². The predicted octanol–water partition coefficient (Wildman–Crippen LogP) is 8.19. The summed E-state index contributed by atoms with van der Waals surface area (Å²) in [7, 11) is -9.78. The molecule has 0 amide bonds. The maximum Gasteiger partial charge on any atom is 0.472 e. The number of carbonyl (C=O) groups excluding carboxylic acids is 4. The first-order valence-electron chi connectivity index (χ1n) is 21.3. The molecule has 3 N–H and O–H groups in total. The van der Waals surface area contributed by atoms with Crippen LogP contribution in [0.1, 0.15) is 169 Å². The molecule has 0 spiro atoms. The van der Waals surface area contributed by atoms with Crippen molar-refractivity contribution < 1.29 is 80.2 Å². The molecule has 0 heterocycles. The van der Waals surface area contributed by atoms with Crippen LogP contribution in [0.2, 0.25) is 0 Å². The molecule has 0 aromatic carbocycles. The fourth-order valence-corrected chi connectivity index (χ4v) is 6.83. The van der Waals surface area contributed by atoms with E-state index >= 15 is 0 Å². The molecule has 58 heavy (non-hydrogen) atoms. The van der Waals surface area contributed by atoms with Gasteiger partial charge in [-0.3, -0.25) is 37.3 Å². The molecule has 0 aromatic rings. The van der Waals surface area contributed by atoms with E-state index in [9.17, 15) is 43.2 Å². The first kappa shape index (κ1) is 56.1. The van der Waals surface area contributed by atoms with Gasteiger partial charge in [0.25, 0.3) is 0 Å². The van der Waals surface area contributed by atoms with Gasteiger partial charge in [-0.25, -0.2) is 9.13 Å². The van der Waals surface area contributed by atoms with Gasteiger partial charge >= 0.3 is 39.5 Å². The molecule has 0 saturated carbocycles. The van der Waals surface area contributed by atoms with Gasteiger partial charge in [-0.15, -0.1) is 0 Å². The van der Waals surface area contributed by atoms with Gasteiger partial charge in [0.1, 0.15) is 19.3 Å². The minimum absolute atomic E-state index is 0.0984. The standard InChI is InChI=1S/C39H74O17P2/c1-5-9-12-14-16-17-19-22-26-39(44)56-35(30-50-37(42)24-20-11-7-3)32-54-58(47,48)52-28-33(40)27-51-57(45,46)53-31-34(29-49-36(41)23-8-4)55-38(43)25-21-18-15-13-10-6-2/h33-35,40H,5-32H2,1-4H3,(H,45,46)(H,47,48)/t33-,34+,35+/m0/s1. The number of unbranched alkanes of at least 4 members (excludes halogenated alkanes) is 14. The minimum Gasteiger partial charge on any atom is -0.462 e. The van der Waals surface area contributed by atoms with E-state index in [1.54, 1.807) is 6.92 Å². The summed E-state index contributed by atoms with van der Waals surface area (Å²) in [5.74, 6) is -2.26. The summed E-state index contributed by atoms with van der Waals surface area (Å²) in [6.07, 6.45) is 13.0. The molecule has 0 radical (unpaired) electrons. The normalized spacial score (nSPS) is 15.1. The lowest BCUT2D eigenvalue weighted by Gasteiger charge is -2.21. The molecule has 2 unspecified atom stereocenters. The van der Waals surface area contributed by atoms with Crippen molar-refractivity contribution in [3.05, 3.63) is 0 Å². The third-order valence-corrected chi connectivity index (χ3v) is 10.5. The average Bonchev–Trinajstić information content (AvgIpc) is 3.18. The summed E-state index contributed by atoms with van der Waals surface area (Å²) in [6, 6.07) is 0. The lowest BCUT2D eigenvalue weighted by atomic mass is 10.1. The number of phosphoric acid groups is 2. The molecule has 0 bridgehead atoms. The van der Waals surface area contributed by atoms with Gasteiger partial charge in [0.05, 0.1) is 26.4 Å². The van der Waals surface area contributed by atoms with Crippen molar-refractivity contribution in [3.63, 3.8) is 0 Å². The summed E-state index contributed by atoms with van der Waals surface area (Å²) in [6.45, 7) is 4.03. The van der Waals surface area contributed by atoms with Gasteiger partial charge < -0.3 is 33.8 Å². The van der Waals surface area contributed by atoms with Crippen LogP contribution in [0.3, 0.4) is 0 Å². The molecule has 0 aliphatic carbocycles. The Hall–Kier alpha value is -1.94. The third kappa shape index (κ3) is 34.9. The molecule has 0 saturated heterocycles. The molecule has 0 aromatic heterocycles. The SMILES string of the molecule is CCCCCCCCCCC(=O)O[C@H](COC(=O)CCCCC)COP(=O)(O)OC[C@@H](O)COP(=O)(O)OC[C@@H](COC(=O)CCC)OC(=O)CCCCCCCC. The van der Waals surface area contributed by atoms with Gasteiger partial charge in [0, 0.05) is 25.7 Å². The lowest BCUT2D eigenvalue weighted by molar-refractivity contribution is -0.161. The number of esters is 4. The van der Waals surface area contributed by atoms with E-state index in [4.69, 9.17) is 37.0 Å². The number of ether oxygens (including phenoxy) is 4. The summed E-state index contributed by atoms with van der Waals surface area (Å²) in [5.41, 5.74) is 0. The third-order valence-electron chi connectivity index (χ3n) is 8.57. The van der Waals surface area contributed by atoms with Crippen LogP contribution < -0.4 is 0 Å². The second kappa shape index (κ2) is 35.8. The summed E-state index contributed by atoms with van der Waals surface area (Å²) < 4.78 is 65.7. The topological polar surface area (TPSA) is 237 Å². The number of phosphoric ester groups is 2. The predicted molar refractivity (Wildman–Crippen MR) is 215 cm³/mol. The highest BCUT2D eigenvalue weighted by atomic mass is 31.2. The van der Waals surface area contributed by atoms with E-state index in [0.717, 1.165) is 77.0 Å². The molecular weight excluding hydrogens is 802 g/mol. The Bertz CT molecular complexity index is 1190. The fourth-order valence-electron chi connectivity index (χ4n) is 5.25. The second-order valence-corrected chi connectivity index (χ2v) is 17.2. The maximum atomic E-state index is 12.6. The fraction of sp³-hybridized carbons (Fsp3) is 0.897. The van der Waals surface area contributed by atoms with Crippen molar-refractivity contribution in [2.24, 2.45) is 0 Å². The van der Waals surface area contributed by atoms with Crippen molar-refractivity contribution in [1.82, 2.24) is 0 Å². The Morgan fingerprint density at radius 1 is 0.414 bits per heavy atom. The Morgan fingerprint density at radius 2 is 0.724 bits per heavy atom. The Morgan fingerprint density at radius 3 is 1.12 bits per heavy atom. The van der Waals surface area contributed by atoms with Crippen LogP contribution >= 0.6 is 15.6 Å². The number of carbonyl (C=O) groups is 4. The number of rotatable bonds is 40. The maximum absolute atomic E-state index is 12.6. The number of hydrogen-bond acceptors (Lipinski definition) is 15. The van der Waals surface area contributed by atoms with Crippen molar-refractivity contribution in [2.75, 3.05) is 39.6 Å². The van der Waals surface area contributed by atoms with Gasteiger partial charge in [-0.1, -0.05) is 118 Å². The van der Waals surface area contributed by atoms with E-state index in [0.29, 0.717) is 25.7 Å². The smallest absolute Gasteiger partial charge is 0.462 e. The summed E-state index contributed by atoms with van der Waals surface area (Å²) in [5, 5.41) is 10.2. The molecule has 342 valence electrons. The lowest BCUT2D eigenvalue weighted by Crippen LogP contribution is -2.30.